The molecular weight excluding hydrogens is 426 g/mol. The third-order valence-corrected chi connectivity index (χ3v) is 5.73. The molecule has 1 aromatic carbocycles. The van der Waals surface area contributed by atoms with Crippen LogP contribution in [-0.2, 0) is 44.1 Å². The Morgan fingerprint density at radius 2 is 2.00 bits per heavy atom. The molecule has 2 heterocycles. The van der Waals surface area contributed by atoms with E-state index in [9.17, 15) is 19.7 Å². The topological polar surface area (TPSA) is 114 Å². The quantitative estimate of drug-likeness (QED) is 0.244. The lowest BCUT2D eigenvalue weighted by atomic mass is 9.85. The summed E-state index contributed by atoms with van der Waals surface area (Å²) in [6.07, 6.45) is 5.05. The zero-order chi connectivity index (χ0) is 24.0. The summed E-state index contributed by atoms with van der Waals surface area (Å²) < 4.78 is 12.3. The first-order chi connectivity index (χ1) is 15.7. The number of ether oxygens (including phenoxy) is 2. The van der Waals surface area contributed by atoms with Crippen molar-refractivity contribution in [2.75, 3.05) is 6.61 Å². The number of hydrogen-bond donors (Lipinski definition) is 0. The Hall–Kier alpha value is -3.49. The summed E-state index contributed by atoms with van der Waals surface area (Å²) in [5.41, 5.74) is 2.32. The summed E-state index contributed by atoms with van der Waals surface area (Å²) in [4.78, 5) is 34.4. The van der Waals surface area contributed by atoms with Gasteiger partial charge in [-0.25, -0.2) is 4.79 Å². The van der Waals surface area contributed by atoms with Crippen molar-refractivity contribution < 1.29 is 24.0 Å². The largest absolute Gasteiger partial charge is 0.463 e. The Kier molecular flexibility index (Phi) is 7.63. The van der Waals surface area contributed by atoms with E-state index in [1.165, 1.54) is 18.2 Å². The summed E-state index contributed by atoms with van der Waals surface area (Å²) in [6.45, 7) is 6.94. The summed E-state index contributed by atoms with van der Waals surface area (Å²) >= 11 is 0. The van der Waals surface area contributed by atoms with Crippen molar-refractivity contribution in [3.8, 4) is 0 Å². The maximum Gasteiger partial charge on any atom is 0.330 e. The number of rotatable bonds is 9. The summed E-state index contributed by atoms with van der Waals surface area (Å²) in [6, 6.07) is 7.99. The smallest absolute Gasteiger partial charge is 0.330 e. The number of carbonyl (C=O) groups is 2. The van der Waals surface area contributed by atoms with Gasteiger partial charge in [0, 0.05) is 42.3 Å². The van der Waals surface area contributed by atoms with E-state index in [2.05, 4.69) is 13.8 Å². The van der Waals surface area contributed by atoms with Crippen LogP contribution in [0.4, 0.5) is 5.69 Å². The van der Waals surface area contributed by atoms with Crippen molar-refractivity contribution in [3.05, 3.63) is 69.5 Å². The molecule has 9 nitrogen and oxygen atoms in total. The first kappa shape index (κ1) is 24.2. The first-order valence-electron chi connectivity index (χ1n) is 11.0. The summed E-state index contributed by atoms with van der Waals surface area (Å²) in [5, 5.41) is 15.5. The molecule has 0 N–H and O–H groups in total. The molecule has 3 rings (SSSR count). The Morgan fingerprint density at radius 3 is 2.67 bits per heavy atom. The zero-order valence-electron chi connectivity index (χ0n) is 19.2. The number of hydrogen-bond acceptors (Lipinski definition) is 7. The van der Waals surface area contributed by atoms with Gasteiger partial charge in [-0.05, 0) is 43.5 Å². The van der Waals surface area contributed by atoms with Gasteiger partial charge < -0.3 is 9.47 Å². The average Bonchev–Trinajstić information content (AvgIpc) is 3.22. The van der Waals surface area contributed by atoms with E-state index in [1.807, 2.05) is 10.7 Å². The molecule has 0 amide bonds. The van der Waals surface area contributed by atoms with Gasteiger partial charge in [0.25, 0.3) is 5.69 Å². The lowest BCUT2D eigenvalue weighted by Gasteiger charge is -2.22. The molecule has 9 heteroatoms. The van der Waals surface area contributed by atoms with Crippen LogP contribution in [0, 0.1) is 16.0 Å². The summed E-state index contributed by atoms with van der Waals surface area (Å²) in [7, 11) is 0. The van der Waals surface area contributed by atoms with E-state index in [1.54, 1.807) is 25.1 Å². The number of non-ortho nitro benzene ring substituents is 1. The molecule has 1 aromatic heterocycles. The Balaban J connectivity index is 1.57. The van der Waals surface area contributed by atoms with Gasteiger partial charge >= 0.3 is 11.9 Å². The number of allylic oxidation sites excluding steroid dienone is 1. The van der Waals surface area contributed by atoms with Gasteiger partial charge in [0.15, 0.2) is 0 Å². The molecule has 1 unspecified atom stereocenters. The fourth-order valence-electron chi connectivity index (χ4n) is 3.71. The van der Waals surface area contributed by atoms with Gasteiger partial charge in [-0.3, -0.25) is 19.6 Å². The molecule has 0 saturated heterocycles. The number of nitro groups is 1. The van der Waals surface area contributed by atoms with E-state index in [-0.39, 0.29) is 35.6 Å². The third-order valence-electron chi connectivity index (χ3n) is 5.73. The van der Waals surface area contributed by atoms with Gasteiger partial charge in [-0.1, -0.05) is 19.9 Å². The highest BCUT2D eigenvalue weighted by Gasteiger charge is 2.30. The van der Waals surface area contributed by atoms with Crippen LogP contribution in [0.3, 0.4) is 0 Å². The minimum absolute atomic E-state index is 0.000676. The molecule has 0 radical (unpaired) electrons. The van der Waals surface area contributed by atoms with Crippen molar-refractivity contribution in [1.82, 2.24) is 9.78 Å². The van der Waals surface area contributed by atoms with Crippen LogP contribution in [-0.4, -0.2) is 33.2 Å². The van der Waals surface area contributed by atoms with E-state index >= 15 is 0 Å². The molecule has 176 valence electrons. The Labute approximate surface area is 192 Å². The number of nitrogens with zero attached hydrogens (tertiary/aromatic N) is 3. The van der Waals surface area contributed by atoms with Gasteiger partial charge in [0.1, 0.15) is 6.61 Å². The molecule has 1 aliphatic heterocycles. The van der Waals surface area contributed by atoms with Crippen LogP contribution in [0.2, 0.25) is 0 Å². The highest BCUT2D eigenvalue weighted by molar-refractivity contribution is 5.81. The molecule has 1 aliphatic rings. The lowest BCUT2D eigenvalue weighted by molar-refractivity contribution is -0.384. The van der Waals surface area contributed by atoms with Gasteiger partial charge in [-0.2, -0.15) is 5.10 Å². The molecule has 2 aromatic rings. The van der Waals surface area contributed by atoms with Crippen LogP contribution >= 0.6 is 0 Å². The van der Waals surface area contributed by atoms with Crippen molar-refractivity contribution in [2.24, 2.45) is 5.92 Å². The third kappa shape index (κ3) is 6.27. The monoisotopic (exact) mass is 455 g/mol. The molecule has 0 bridgehead atoms. The zero-order valence-corrected chi connectivity index (χ0v) is 19.2. The van der Waals surface area contributed by atoms with Crippen LogP contribution in [0.5, 0.6) is 0 Å². The molecule has 0 fully saturated rings. The number of benzene rings is 1. The first-order valence-corrected chi connectivity index (χ1v) is 11.0. The van der Waals surface area contributed by atoms with Crippen LogP contribution in [0.1, 0.15) is 50.6 Å². The van der Waals surface area contributed by atoms with Crippen LogP contribution < -0.4 is 0 Å². The number of fused-ring (bicyclic) bond motifs is 1. The van der Waals surface area contributed by atoms with E-state index in [4.69, 9.17) is 14.6 Å². The normalized spacial score (nSPS) is 15.8. The fraction of sp³-hybridized carbons (Fsp3) is 0.458. The second-order valence-electron chi connectivity index (χ2n) is 8.71. The molecule has 1 atom stereocenters. The van der Waals surface area contributed by atoms with E-state index in [0.29, 0.717) is 38.0 Å². The van der Waals surface area contributed by atoms with Gasteiger partial charge in [0.05, 0.1) is 23.1 Å². The number of carbonyl (C=O) groups excluding carboxylic acids is 2. The van der Waals surface area contributed by atoms with E-state index < -0.39 is 4.92 Å². The SMILES string of the molecule is CCOC(=O)/C=C/CC(C)(C)c1cc2n(n1)CCC(C(=O)OCc1ccc([N+](=O)[O-])cc1)C2. The Bertz CT molecular complexity index is 1040. The van der Waals surface area contributed by atoms with Crippen molar-refractivity contribution in [2.45, 2.75) is 58.6 Å². The maximum atomic E-state index is 12.6. The minimum atomic E-state index is -0.465. The second kappa shape index (κ2) is 10.4. The molecule has 0 spiro atoms. The predicted molar refractivity (Wildman–Crippen MR) is 120 cm³/mol. The highest BCUT2D eigenvalue weighted by atomic mass is 16.6. The molecule has 33 heavy (non-hydrogen) atoms. The number of aromatic nitrogens is 2. The van der Waals surface area contributed by atoms with Crippen molar-refractivity contribution in [3.63, 3.8) is 0 Å². The predicted octanol–water partition coefficient (Wildman–Crippen LogP) is 3.88. The van der Waals surface area contributed by atoms with E-state index in [0.717, 1.165) is 11.4 Å². The van der Waals surface area contributed by atoms with Gasteiger partial charge in [-0.15, -0.1) is 0 Å². The van der Waals surface area contributed by atoms with Crippen LogP contribution in [0.15, 0.2) is 42.5 Å². The summed E-state index contributed by atoms with van der Waals surface area (Å²) in [5.74, 6) is -0.890. The van der Waals surface area contributed by atoms with Crippen molar-refractivity contribution >= 4 is 17.6 Å². The number of aryl methyl sites for hydroxylation is 1. The second-order valence-corrected chi connectivity index (χ2v) is 8.71. The van der Waals surface area contributed by atoms with Gasteiger partial charge in [0.2, 0.25) is 0 Å². The standard InChI is InChI=1S/C24H29N3O6/c1-4-32-22(28)6-5-12-24(2,3)21-15-20-14-18(11-13-26(20)25-21)23(29)33-16-17-7-9-19(10-8-17)27(30)31/h5-10,15,18H,4,11-14,16H2,1-3H3/b6-5+. The minimum Gasteiger partial charge on any atom is -0.463 e. The van der Waals surface area contributed by atoms with Crippen LogP contribution in [0.25, 0.3) is 0 Å². The molecular formula is C24H29N3O6. The lowest BCUT2D eigenvalue weighted by Crippen LogP contribution is -2.27. The average molecular weight is 456 g/mol. The maximum absolute atomic E-state index is 12.6. The highest BCUT2D eigenvalue weighted by Crippen LogP contribution is 2.30. The molecule has 0 saturated carbocycles. The fourth-order valence-corrected chi connectivity index (χ4v) is 3.71. The number of nitro benzene ring substituents is 1. The van der Waals surface area contributed by atoms with Crippen molar-refractivity contribution in [1.29, 1.82) is 0 Å². The number of esters is 2. The Morgan fingerprint density at radius 1 is 1.27 bits per heavy atom. The molecule has 0 aliphatic carbocycles.